The van der Waals surface area contributed by atoms with Crippen LogP contribution in [0.25, 0.3) is 0 Å². The highest BCUT2D eigenvalue weighted by Crippen LogP contribution is 2.13. The lowest BCUT2D eigenvalue weighted by Gasteiger charge is -2.18. The molecule has 0 aromatic rings. The first kappa shape index (κ1) is 55.1. The number of esters is 2. The molecule has 0 aliphatic heterocycles. The molecule has 58 heavy (non-hydrogen) atoms. The third-order valence-electron chi connectivity index (χ3n) is 9.93. The molecule has 332 valence electrons. The fraction of sp³-hybridized carbons (Fsp3) is 0.698. The Morgan fingerprint density at radius 3 is 1.24 bits per heavy atom. The standard InChI is InChI=1S/C53H90O5/c1-4-7-10-13-16-19-22-24-26-27-29-30-32-34-37-40-43-46-52(54)57-50-51(49-56-48-45-42-39-36-21-18-15-12-9-6-3)58-53(55)47-44-41-38-35-33-31-28-25-23-20-17-14-11-8-5-2/h7-8,10-11,16-17,19-20,24-26,28-30,51H,4-6,9,12-15,18,21-23,27,31-50H2,1-3H3/b10-7-,11-8-,19-16-,20-17-,26-24-,28-25-,30-29-. The first-order valence-corrected chi connectivity index (χ1v) is 24.1. The van der Waals surface area contributed by atoms with Crippen LogP contribution in [0.5, 0.6) is 0 Å². The summed E-state index contributed by atoms with van der Waals surface area (Å²) in [5, 5.41) is 0. The highest BCUT2D eigenvalue weighted by molar-refractivity contribution is 5.70. The van der Waals surface area contributed by atoms with E-state index in [1.165, 1.54) is 64.2 Å². The van der Waals surface area contributed by atoms with E-state index in [1.807, 2.05) is 0 Å². The summed E-state index contributed by atoms with van der Waals surface area (Å²) >= 11 is 0. The van der Waals surface area contributed by atoms with Gasteiger partial charge in [0.1, 0.15) is 6.61 Å². The molecule has 0 bridgehead atoms. The molecule has 1 unspecified atom stereocenters. The number of carbonyl (C=O) groups excluding carboxylic acids is 2. The van der Waals surface area contributed by atoms with Crippen molar-refractivity contribution < 1.29 is 23.8 Å². The van der Waals surface area contributed by atoms with E-state index in [-0.39, 0.29) is 25.2 Å². The summed E-state index contributed by atoms with van der Waals surface area (Å²) < 4.78 is 17.3. The van der Waals surface area contributed by atoms with Crippen LogP contribution in [0.2, 0.25) is 0 Å². The van der Waals surface area contributed by atoms with Gasteiger partial charge in [0.15, 0.2) is 6.10 Å². The molecule has 0 rings (SSSR count). The van der Waals surface area contributed by atoms with Crippen molar-refractivity contribution in [3.63, 3.8) is 0 Å². The molecule has 0 aromatic carbocycles. The van der Waals surface area contributed by atoms with Gasteiger partial charge in [0.2, 0.25) is 0 Å². The van der Waals surface area contributed by atoms with Gasteiger partial charge in [-0.2, -0.15) is 0 Å². The number of unbranched alkanes of at least 4 members (excludes halogenated alkanes) is 18. The average molecular weight is 807 g/mol. The molecule has 0 fully saturated rings. The van der Waals surface area contributed by atoms with Gasteiger partial charge in [0, 0.05) is 19.4 Å². The predicted octanol–water partition coefficient (Wildman–Crippen LogP) is 16.1. The maximum absolute atomic E-state index is 12.7. The van der Waals surface area contributed by atoms with Crippen LogP contribution in [-0.4, -0.2) is 37.9 Å². The van der Waals surface area contributed by atoms with Gasteiger partial charge in [-0.25, -0.2) is 0 Å². The molecule has 0 N–H and O–H groups in total. The second-order valence-electron chi connectivity index (χ2n) is 15.6. The van der Waals surface area contributed by atoms with Gasteiger partial charge < -0.3 is 14.2 Å². The molecule has 0 amide bonds. The molecule has 0 radical (unpaired) electrons. The van der Waals surface area contributed by atoms with E-state index in [0.29, 0.717) is 19.4 Å². The van der Waals surface area contributed by atoms with Crippen LogP contribution < -0.4 is 0 Å². The van der Waals surface area contributed by atoms with Gasteiger partial charge in [-0.05, 0) is 89.9 Å². The fourth-order valence-corrected chi connectivity index (χ4v) is 6.40. The molecule has 0 aliphatic carbocycles. The summed E-state index contributed by atoms with van der Waals surface area (Å²) in [6, 6.07) is 0. The van der Waals surface area contributed by atoms with Crippen molar-refractivity contribution in [2.45, 2.75) is 219 Å². The van der Waals surface area contributed by atoms with E-state index in [1.54, 1.807) is 0 Å². The van der Waals surface area contributed by atoms with Crippen LogP contribution in [0.15, 0.2) is 85.1 Å². The molecule has 0 saturated heterocycles. The highest BCUT2D eigenvalue weighted by atomic mass is 16.6. The van der Waals surface area contributed by atoms with Crippen molar-refractivity contribution >= 4 is 11.9 Å². The summed E-state index contributed by atoms with van der Waals surface area (Å²) in [7, 11) is 0. The lowest BCUT2D eigenvalue weighted by molar-refractivity contribution is -0.163. The molecule has 1 atom stereocenters. The topological polar surface area (TPSA) is 61.8 Å². The quantitative estimate of drug-likeness (QED) is 0.0349. The summed E-state index contributed by atoms with van der Waals surface area (Å²) in [6.45, 7) is 7.55. The van der Waals surface area contributed by atoms with Gasteiger partial charge >= 0.3 is 11.9 Å². The Hall–Kier alpha value is -2.92. The minimum Gasteiger partial charge on any atom is -0.462 e. The van der Waals surface area contributed by atoms with E-state index in [2.05, 4.69) is 106 Å². The zero-order chi connectivity index (χ0) is 42.1. The number of ether oxygens (including phenoxy) is 3. The van der Waals surface area contributed by atoms with Crippen LogP contribution in [0.1, 0.15) is 213 Å². The molecule has 0 saturated carbocycles. The molecule has 0 aliphatic rings. The summed E-state index contributed by atoms with van der Waals surface area (Å²) in [4.78, 5) is 25.3. The molecule has 5 heteroatoms. The third kappa shape index (κ3) is 45.8. The summed E-state index contributed by atoms with van der Waals surface area (Å²) in [5.41, 5.74) is 0. The number of rotatable bonds is 43. The number of allylic oxidation sites excluding steroid dienone is 14. The number of hydrogen-bond acceptors (Lipinski definition) is 5. The molecule has 0 heterocycles. The van der Waals surface area contributed by atoms with Crippen molar-refractivity contribution in [2.75, 3.05) is 19.8 Å². The Morgan fingerprint density at radius 2 is 0.776 bits per heavy atom. The second-order valence-corrected chi connectivity index (χ2v) is 15.6. The Kier molecular flexibility index (Phi) is 46.0. The van der Waals surface area contributed by atoms with Crippen molar-refractivity contribution in [3.05, 3.63) is 85.1 Å². The molecular formula is C53H90O5. The molecule has 5 nitrogen and oxygen atoms in total. The second kappa shape index (κ2) is 48.4. The Morgan fingerprint density at radius 1 is 0.397 bits per heavy atom. The van der Waals surface area contributed by atoms with Crippen LogP contribution in [0.3, 0.4) is 0 Å². The fourth-order valence-electron chi connectivity index (χ4n) is 6.40. The monoisotopic (exact) mass is 807 g/mol. The van der Waals surface area contributed by atoms with E-state index in [9.17, 15) is 9.59 Å². The highest BCUT2D eigenvalue weighted by Gasteiger charge is 2.17. The smallest absolute Gasteiger partial charge is 0.306 e. The zero-order valence-electron chi connectivity index (χ0n) is 38.0. The molecular weight excluding hydrogens is 717 g/mol. The van der Waals surface area contributed by atoms with Crippen LogP contribution in [-0.2, 0) is 23.8 Å². The minimum atomic E-state index is -0.555. The van der Waals surface area contributed by atoms with Crippen LogP contribution >= 0.6 is 0 Å². The first-order chi connectivity index (χ1) is 28.6. The van der Waals surface area contributed by atoms with Gasteiger partial charge in [0.05, 0.1) is 6.61 Å². The lowest BCUT2D eigenvalue weighted by atomic mass is 10.1. The summed E-state index contributed by atoms with van der Waals surface area (Å²) in [6.07, 6.45) is 62.9. The van der Waals surface area contributed by atoms with E-state index >= 15 is 0 Å². The Bertz CT molecular complexity index is 1090. The van der Waals surface area contributed by atoms with E-state index in [4.69, 9.17) is 14.2 Å². The Labute approximate surface area is 359 Å². The average Bonchev–Trinajstić information content (AvgIpc) is 3.22. The first-order valence-electron chi connectivity index (χ1n) is 24.1. The SMILES string of the molecule is CC/C=C\C/C=C\C/C=C\C/C=C\CCCCCCC(=O)OCC(COCCCCCCCCCCCC)OC(=O)CCCCCCC/C=C\C/C=C\C/C=C\CC. The zero-order valence-corrected chi connectivity index (χ0v) is 38.0. The molecule has 0 spiro atoms. The van der Waals surface area contributed by atoms with Gasteiger partial charge in [-0.15, -0.1) is 0 Å². The van der Waals surface area contributed by atoms with Gasteiger partial charge in [0.25, 0.3) is 0 Å². The number of hydrogen-bond donors (Lipinski definition) is 0. The summed E-state index contributed by atoms with van der Waals surface area (Å²) in [5.74, 6) is -0.446. The van der Waals surface area contributed by atoms with E-state index < -0.39 is 6.10 Å². The lowest BCUT2D eigenvalue weighted by Crippen LogP contribution is -2.30. The van der Waals surface area contributed by atoms with Crippen molar-refractivity contribution in [3.8, 4) is 0 Å². The van der Waals surface area contributed by atoms with Crippen LogP contribution in [0.4, 0.5) is 0 Å². The normalized spacial score (nSPS) is 12.9. The van der Waals surface area contributed by atoms with Crippen LogP contribution in [0, 0.1) is 0 Å². The molecule has 0 aromatic heterocycles. The van der Waals surface area contributed by atoms with Crippen molar-refractivity contribution in [1.29, 1.82) is 0 Å². The third-order valence-corrected chi connectivity index (χ3v) is 9.93. The van der Waals surface area contributed by atoms with Crippen molar-refractivity contribution in [1.82, 2.24) is 0 Å². The van der Waals surface area contributed by atoms with Gasteiger partial charge in [-0.1, -0.05) is 196 Å². The maximum Gasteiger partial charge on any atom is 0.306 e. The minimum absolute atomic E-state index is 0.0631. The number of carbonyl (C=O) groups is 2. The predicted molar refractivity (Wildman–Crippen MR) is 251 cm³/mol. The van der Waals surface area contributed by atoms with Gasteiger partial charge in [-0.3, -0.25) is 9.59 Å². The van der Waals surface area contributed by atoms with Crippen molar-refractivity contribution in [2.24, 2.45) is 0 Å². The Balaban J connectivity index is 4.31. The largest absolute Gasteiger partial charge is 0.462 e. The maximum atomic E-state index is 12.7. The van der Waals surface area contributed by atoms with E-state index in [0.717, 1.165) is 116 Å².